The summed E-state index contributed by atoms with van der Waals surface area (Å²) in [5.74, 6) is 1.29. The number of carbonyl (C=O) groups excluding carboxylic acids is 1. The van der Waals surface area contributed by atoms with E-state index in [2.05, 4.69) is 24.5 Å². The topological polar surface area (TPSA) is 50.4 Å². The summed E-state index contributed by atoms with van der Waals surface area (Å²) in [4.78, 5) is 11.6. The number of ether oxygens (including phenoxy) is 1. The number of urea groups is 1. The summed E-state index contributed by atoms with van der Waals surface area (Å²) in [7, 11) is 1.65. The van der Waals surface area contributed by atoms with Gasteiger partial charge in [0.05, 0.1) is 7.11 Å². The number of rotatable bonds is 6. The van der Waals surface area contributed by atoms with Gasteiger partial charge in [0.25, 0.3) is 0 Å². The fraction of sp³-hybridized carbons (Fsp3) is 0.438. The second-order valence-corrected chi connectivity index (χ2v) is 5.01. The molecule has 2 amide bonds. The van der Waals surface area contributed by atoms with Gasteiger partial charge in [0.2, 0.25) is 0 Å². The Hall–Kier alpha value is -1.97. The molecule has 1 rings (SSSR count). The summed E-state index contributed by atoms with van der Waals surface area (Å²) < 4.78 is 5.27. The number of benzene rings is 1. The SMILES string of the molecule is COc1ccccc1CCNC(=O)N/C=C(\C)C(C)C. The van der Waals surface area contributed by atoms with Crippen molar-refractivity contribution in [3.05, 3.63) is 41.6 Å². The molecule has 4 nitrogen and oxygen atoms in total. The third-order valence-corrected chi connectivity index (χ3v) is 3.21. The normalized spacial score (nSPS) is 11.3. The molecule has 0 aliphatic rings. The van der Waals surface area contributed by atoms with Gasteiger partial charge in [-0.1, -0.05) is 37.6 Å². The van der Waals surface area contributed by atoms with Gasteiger partial charge in [-0.05, 0) is 30.9 Å². The van der Waals surface area contributed by atoms with E-state index in [0.29, 0.717) is 12.5 Å². The molecule has 2 N–H and O–H groups in total. The molecule has 0 aliphatic carbocycles. The minimum absolute atomic E-state index is 0.181. The monoisotopic (exact) mass is 276 g/mol. The van der Waals surface area contributed by atoms with Crippen LogP contribution in [0.4, 0.5) is 4.79 Å². The van der Waals surface area contributed by atoms with E-state index in [1.54, 1.807) is 13.3 Å². The summed E-state index contributed by atoms with van der Waals surface area (Å²) in [5.41, 5.74) is 2.23. The highest BCUT2D eigenvalue weighted by Crippen LogP contribution is 2.17. The summed E-state index contributed by atoms with van der Waals surface area (Å²) in [6.45, 7) is 6.75. The van der Waals surface area contributed by atoms with E-state index in [4.69, 9.17) is 4.74 Å². The van der Waals surface area contributed by atoms with E-state index in [-0.39, 0.29) is 6.03 Å². The highest BCUT2D eigenvalue weighted by atomic mass is 16.5. The van der Waals surface area contributed by atoms with Gasteiger partial charge in [-0.15, -0.1) is 0 Å². The Labute approximate surface area is 121 Å². The number of hydrogen-bond donors (Lipinski definition) is 2. The van der Waals surface area contributed by atoms with E-state index in [1.165, 1.54) is 0 Å². The van der Waals surface area contributed by atoms with Crippen LogP contribution in [0.3, 0.4) is 0 Å². The standard InChI is InChI=1S/C16H24N2O2/c1-12(2)13(3)11-18-16(19)17-10-9-14-7-5-6-8-15(14)20-4/h5-8,11-12H,9-10H2,1-4H3,(H2,17,18,19)/b13-11+. The Morgan fingerprint density at radius 1 is 1.35 bits per heavy atom. The number of methoxy groups -OCH3 is 1. The minimum atomic E-state index is -0.181. The zero-order chi connectivity index (χ0) is 15.0. The molecule has 0 unspecified atom stereocenters. The molecule has 0 heterocycles. The van der Waals surface area contributed by atoms with Gasteiger partial charge in [-0.25, -0.2) is 4.79 Å². The van der Waals surface area contributed by atoms with Crippen LogP contribution in [-0.2, 0) is 6.42 Å². The van der Waals surface area contributed by atoms with Crippen molar-refractivity contribution in [3.8, 4) is 5.75 Å². The predicted octanol–water partition coefficient (Wildman–Crippen LogP) is 3.10. The lowest BCUT2D eigenvalue weighted by atomic mass is 10.1. The Kier molecular flexibility index (Phi) is 6.64. The molecular formula is C16H24N2O2. The number of para-hydroxylation sites is 1. The van der Waals surface area contributed by atoms with Gasteiger partial charge >= 0.3 is 6.03 Å². The van der Waals surface area contributed by atoms with Crippen LogP contribution in [0.1, 0.15) is 26.3 Å². The number of carbonyl (C=O) groups is 1. The van der Waals surface area contributed by atoms with Gasteiger partial charge < -0.3 is 15.4 Å². The first-order valence-corrected chi connectivity index (χ1v) is 6.87. The second-order valence-electron chi connectivity index (χ2n) is 5.01. The zero-order valence-electron chi connectivity index (χ0n) is 12.7. The molecule has 0 spiro atoms. The third-order valence-electron chi connectivity index (χ3n) is 3.21. The summed E-state index contributed by atoms with van der Waals surface area (Å²) in [5, 5.41) is 5.56. The fourth-order valence-electron chi connectivity index (χ4n) is 1.62. The highest BCUT2D eigenvalue weighted by Gasteiger charge is 2.03. The van der Waals surface area contributed by atoms with Gasteiger partial charge in [0.1, 0.15) is 5.75 Å². The molecule has 0 fully saturated rings. The number of hydrogen-bond acceptors (Lipinski definition) is 2. The van der Waals surface area contributed by atoms with Crippen LogP contribution in [0.15, 0.2) is 36.0 Å². The Morgan fingerprint density at radius 3 is 2.70 bits per heavy atom. The van der Waals surface area contributed by atoms with Crippen LogP contribution in [0.25, 0.3) is 0 Å². The lowest BCUT2D eigenvalue weighted by molar-refractivity contribution is 0.244. The summed E-state index contributed by atoms with van der Waals surface area (Å²) in [6.07, 6.45) is 2.49. The van der Waals surface area contributed by atoms with Gasteiger partial charge in [0.15, 0.2) is 0 Å². The molecular weight excluding hydrogens is 252 g/mol. The maximum absolute atomic E-state index is 11.6. The first kappa shape index (κ1) is 16.1. The molecule has 0 radical (unpaired) electrons. The van der Waals surface area contributed by atoms with Crippen molar-refractivity contribution in [1.29, 1.82) is 0 Å². The number of allylic oxidation sites excluding steroid dienone is 1. The molecule has 0 saturated heterocycles. The number of amides is 2. The van der Waals surface area contributed by atoms with Crippen LogP contribution in [0, 0.1) is 5.92 Å². The maximum atomic E-state index is 11.6. The average Bonchev–Trinajstić information content (AvgIpc) is 2.45. The lowest BCUT2D eigenvalue weighted by Crippen LogP contribution is -2.33. The molecule has 110 valence electrons. The largest absolute Gasteiger partial charge is 0.496 e. The second kappa shape index (κ2) is 8.25. The van der Waals surface area contributed by atoms with Crippen LogP contribution >= 0.6 is 0 Å². The van der Waals surface area contributed by atoms with Crippen molar-refractivity contribution in [2.75, 3.05) is 13.7 Å². The van der Waals surface area contributed by atoms with E-state index >= 15 is 0 Å². The predicted molar refractivity (Wildman–Crippen MR) is 81.8 cm³/mol. The third kappa shape index (κ3) is 5.34. The van der Waals surface area contributed by atoms with E-state index < -0.39 is 0 Å². The first-order valence-electron chi connectivity index (χ1n) is 6.87. The molecule has 1 aromatic carbocycles. The summed E-state index contributed by atoms with van der Waals surface area (Å²) in [6, 6.07) is 7.64. The Balaban J connectivity index is 2.37. The molecule has 0 aliphatic heterocycles. The molecule has 0 bridgehead atoms. The van der Waals surface area contributed by atoms with E-state index in [9.17, 15) is 4.79 Å². The van der Waals surface area contributed by atoms with Gasteiger partial charge in [-0.2, -0.15) is 0 Å². The van der Waals surface area contributed by atoms with Crippen molar-refractivity contribution < 1.29 is 9.53 Å². The molecule has 0 saturated carbocycles. The Bertz CT molecular complexity index is 467. The smallest absolute Gasteiger partial charge is 0.318 e. The van der Waals surface area contributed by atoms with Crippen molar-refractivity contribution >= 4 is 6.03 Å². The number of nitrogens with one attached hydrogen (secondary N) is 2. The quantitative estimate of drug-likeness (QED) is 0.839. The van der Waals surface area contributed by atoms with Crippen molar-refractivity contribution in [1.82, 2.24) is 10.6 Å². The lowest BCUT2D eigenvalue weighted by Gasteiger charge is -2.10. The average molecular weight is 276 g/mol. The van der Waals surface area contributed by atoms with Crippen LogP contribution in [0.5, 0.6) is 5.75 Å². The van der Waals surface area contributed by atoms with Crippen LogP contribution < -0.4 is 15.4 Å². The van der Waals surface area contributed by atoms with Gasteiger partial charge in [0, 0.05) is 12.7 Å². The minimum Gasteiger partial charge on any atom is -0.496 e. The molecule has 4 heteroatoms. The molecule has 20 heavy (non-hydrogen) atoms. The van der Waals surface area contributed by atoms with E-state index in [1.807, 2.05) is 31.2 Å². The van der Waals surface area contributed by atoms with Crippen molar-refractivity contribution in [3.63, 3.8) is 0 Å². The summed E-state index contributed by atoms with van der Waals surface area (Å²) >= 11 is 0. The zero-order valence-corrected chi connectivity index (χ0v) is 12.7. The van der Waals surface area contributed by atoms with Gasteiger partial charge in [-0.3, -0.25) is 0 Å². The molecule has 0 aromatic heterocycles. The first-order chi connectivity index (χ1) is 9.54. The molecule has 0 atom stereocenters. The van der Waals surface area contributed by atoms with E-state index in [0.717, 1.165) is 23.3 Å². The van der Waals surface area contributed by atoms with Crippen LogP contribution in [-0.4, -0.2) is 19.7 Å². The Morgan fingerprint density at radius 2 is 2.05 bits per heavy atom. The maximum Gasteiger partial charge on any atom is 0.318 e. The van der Waals surface area contributed by atoms with Crippen molar-refractivity contribution in [2.24, 2.45) is 5.92 Å². The highest BCUT2D eigenvalue weighted by molar-refractivity contribution is 5.74. The van der Waals surface area contributed by atoms with Crippen molar-refractivity contribution in [2.45, 2.75) is 27.2 Å². The fourth-order valence-corrected chi connectivity index (χ4v) is 1.62. The van der Waals surface area contributed by atoms with Crippen LogP contribution in [0.2, 0.25) is 0 Å². The molecule has 1 aromatic rings.